The Balaban J connectivity index is 1.55. The van der Waals surface area contributed by atoms with E-state index in [4.69, 9.17) is 16.0 Å². The highest BCUT2D eigenvalue weighted by Gasteiger charge is 2.32. The fourth-order valence-electron chi connectivity index (χ4n) is 3.40. The van der Waals surface area contributed by atoms with Crippen LogP contribution in [0.5, 0.6) is 0 Å². The fourth-order valence-corrected chi connectivity index (χ4v) is 3.60. The molecule has 3 heterocycles. The number of benzene rings is 1. The molecule has 138 valence electrons. The number of carbonyl (C=O) groups is 1. The van der Waals surface area contributed by atoms with Crippen molar-refractivity contribution < 1.29 is 9.21 Å². The topological polar surface area (TPSA) is 72.1 Å². The van der Waals surface area contributed by atoms with Crippen molar-refractivity contribution >= 4 is 17.5 Å². The summed E-state index contributed by atoms with van der Waals surface area (Å²) in [7, 11) is 0. The Kier molecular flexibility index (Phi) is 5.16. The number of rotatable bonds is 4. The number of aromatic nitrogens is 3. The van der Waals surface area contributed by atoms with Crippen molar-refractivity contribution in [3.8, 4) is 0 Å². The van der Waals surface area contributed by atoms with Crippen LogP contribution in [0.25, 0.3) is 0 Å². The zero-order chi connectivity index (χ0) is 18.6. The molecule has 1 amide bonds. The number of hydrogen-bond donors (Lipinski definition) is 0. The largest absolute Gasteiger partial charge is 0.443 e. The van der Waals surface area contributed by atoms with E-state index in [0.29, 0.717) is 29.4 Å². The number of amides is 1. The van der Waals surface area contributed by atoms with Gasteiger partial charge in [-0.3, -0.25) is 4.79 Å². The zero-order valence-corrected chi connectivity index (χ0v) is 15.5. The van der Waals surface area contributed by atoms with E-state index in [0.717, 1.165) is 30.6 Å². The molecular formula is C20H19ClN4O2. The molecule has 0 saturated carbocycles. The van der Waals surface area contributed by atoms with Gasteiger partial charge in [0.15, 0.2) is 0 Å². The lowest BCUT2D eigenvalue weighted by Gasteiger charge is -2.33. The van der Waals surface area contributed by atoms with Crippen molar-refractivity contribution in [3.63, 3.8) is 0 Å². The van der Waals surface area contributed by atoms with Gasteiger partial charge in [0.25, 0.3) is 5.91 Å². The average Bonchev–Trinajstić information content (AvgIpc) is 3.18. The number of oxazole rings is 1. The molecule has 27 heavy (non-hydrogen) atoms. The Bertz CT molecular complexity index is 928. The third kappa shape index (κ3) is 3.85. The molecule has 0 spiro atoms. The Morgan fingerprint density at radius 1 is 1.19 bits per heavy atom. The van der Waals surface area contributed by atoms with Gasteiger partial charge in [0, 0.05) is 18.0 Å². The second-order valence-corrected chi connectivity index (χ2v) is 6.98. The molecule has 1 aromatic carbocycles. The summed E-state index contributed by atoms with van der Waals surface area (Å²) in [6.07, 6.45) is 8.15. The highest BCUT2D eigenvalue weighted by Crippen LogP contribution is 2.32. The van der Waals surface area contributed by atoms with Crippen LogP contribution in [0.1, 0.15) is 52.9 Å². The first-order chi connectivity index (χ1) is 13.2. The minimum atomic E-state index is -0.167. The fraction of sp³-hybridized carbons (Fsp3) is 0.300. The monoisotopic (exact) mass is 382 g/mol. The highest BCUT2D eigenvalue weighted by molar-refractivity contribution is 6.31. The maximum Gasteiger partial charge on any atom is 0.256 e. The summed E-state index contributed by atoms with van der Waals surface area (Å²) in [6.45, 7) is 0.675. The maximum atomic E-state index is 12.9. The average molecular weight is 383 g/mol. The lowest BCUT2D eigenvalue weighted by molar-refractivity contribution is 0.0569. The standard InChI is InChI=1S/C20H19ClN4O2/c21-17-6-2-1-5-14(17)11-16-13-22-19(27-16)18-7-3-4-10-25(18)20(26)15-8-9-23-24-12-15/h1-2,5-6,8-9,12-13,18H,3-4,7,10-11H2/t18-/m1/s1. The number of likely N-dealkylation sites (tertiary alicyclic amines) is 1. The molecule has 1 aliphatic heterocycles. The van der Waals surface area contributed by atoms with E-state index in [1.165, 1.54) is 12.4 Å². The number of halogens is 1. The molecule has 7 heteroatoms. The molecule has 6 nitrogen and oxygen atoms in total. The molecule has 0 aliphatic carbocycles. The van der Waals surface area contributed by atoms with E-state index in [-0.39, 0.29) is 11.9 Å². The predicted octanol–water partition coefficient (Wildman–Crippen LogP) is 4.08. The minimum Gasteiger partial charge on any atom is -0.443 e. The molecule has 0 radical (unpaired) electrons. The number of nitrogens with zero attached hydrogens (tertiary/aromatic N) is 4. The van der Waals surface area contributed by atoms with Gasteiger partial charge in [0.05, 0.1) is 24.2 Å². The first-order valence-corrected chi connectivity index (χ1v) is 9.36. The van der Waals surface area contributed by atoms with Crippen LogP contribution in [0.3, 0.4) is 0 Å². The lowest BCUT2D eigenvalue weighted by Crippen LogP contribution is -2.38. The van der Waals surface area contributed by atoms with Crippen molar-refractivity contribution in [1.82, 2.24) is 20.1 Å². The van der Waals surface area contributed by atoms with Gasteiger partial charge in [-0.05, 0) is 37.0 Å². The van der Waals surface area contributed by atoms with Crippen molar-refractivity contribution in [2.45, 2.75) is 31.7 Å². The van der Waals surface area contributed by atoms with E-state index in [9.17, 15) is 4.79 Å². The molecule has 1 fully saturated rings. The Morgan fingerprint density at radius 2 is 2.07 bits per heavy atom. The zero-order valence-electron chi connectivity index (χ0n) is 14.7. The number of carbonyl (C=O) groups excluding carboxylic acids is 1. The van der Waals surface area contributed by atoms with Crippen LogP contribution < -0.4 is 0 Å². The van der Waals surface area contributed by atoms with Crippen molar-refractivity contribution in [3.05, 3.63) is 76.7 Å². The normalized spacial score (nSPS) is 17.1. The Morgan fingerprint density at radius 3 is 2.89 bits per heavy atom. The molecule has 1 aliphatic rings. The second kappa shape index (κ2) is 7.88. The Hall–Kier alpha value is -2.73. The summed E-state index contributed by atoms with van der Waals surface area (Å²) in [5.74, 6) is 1.24. The summed E-state index contributed by atoms with van der Waals surface area (Å²) in [4.78, 5) is 19.2. The molecule has 0 bridgehead atoms. The second-order valence-electron chi connectivity index (χ2n) is 6.57. The van der Waals surface area contributed by atoms with Crippen molar-refractivity contribution in [2.24, 2.45) is 0 Å². The van der Waals surface area contributed by atoms with Crippen LogP contribution in [-0.2, 0) is 6.42 Å². The van der Waals surface area contributed by atoms with E-state index in [2.05, 4.69) is 15.2 Å². The first-order valence-electron chi connectivity index (χ1n) is 8.98. The van der Waals surface area contributed by atoms with Crippen molar-refractivity contribution in [2.75, 3.05) is 6.54 Å². The summed E-state index contributed by atoms with van der Waals surface area (Å²) in [5.41, 5.74) is 1.51. The molecule has 1 atom stereocenters. The third-order valence-electron chi connectivity index (χ3n) is 4.77. The predicted molar refractivity (Wildman–Crippen MR) is 100 cm³/mol. The molecular weight excluding hydrogens is 364 g/mol. The minimum absolute atomic E-state index is 0.0690. The van der Waals surface area contributed by atoms with E-state index < -0.39 is 0 Å². The number of hydrogen-bond acceptors (Lipinski definition) is 5. The summed E-state index contributed by atoms with van der Waals surface area (Å²) < 4.78 is 6.01. The molecule has 3 aromatic rings. The van der Waals surface area contributed by atoms with Gasteiger partial charge in [-0.2, -0.15) is 10.2 Å². The van der Waals surface area contributed by atoms with E-state index in [1.54, 1.807) is 12.3 Å². The van der Waals surface area contributed by atoms with Crippen molar-refractivity contribution in [1.29, 1.82) is 0 Å². The highest BCUT2D eigenvalue weighted by atomic mass is 35.5. The summed E-state index contributed by atoms with van der Waals surface area (Å²) in [5, 5.41) is 8.25. The van der Waals surface area contributed by atoms with Crippen LogP contribution >= 0.6 is 11.6 Å². The van der Waals surface area contributed by atoms with Crippen LogP contribution in [0.15, 0.2) is 53.3 Å². The lowest BCUT2D eigenvalue weighted by atomic mass is 10.0. The van der Waals surface area contributed by atoms with Gasteiger partial charge in [-0.15, -0.1) is 0 Å². The van der Waals surface area contributed by atoms with Gasteiger partial charge >= 0.3 is 0 Å². The quantitative estimate of drug-likeness (QED) is 0.679. The maximum absolute atomic E-state index is 12.9. The summed E-state index contributed by atoms with van der Waals surface area (Å²) in [6, 6.07) is 9.19. The van der Waals surface area contributed by atoms with Gasteiger partial charge in [0.1, 0.15) is 11.8 Å². The molecule has 0 N–H and O–H groups in total. The third-order valence-corrected chi connectivity index (χ3v) is 5.14. The van der Waals surface area contributed by atoms with Gasteiger partial charge in [-0.1, -0.05) is 29.8 Å². The van der Waals surface area contributed by atoms with Gasteiger partial charge < -0.3 is 9.32 Å². The molecule has 2 aromatic heterocycles. The van der Waals surface area contributed by atoms with Crippen LogP contribution in [0.2, 0.25) is 5.02 Å². The number of piperidine rings is 1. The SMILES string of the molecule is O=C(c1ccnnc1)N1CCCC[C@@H]1c1ncc(Cc2ccccc2Cl)o1. The van der Waals surface area contributed by atoms with E-state index >= 15 is 0 Å². The Labute approximate surface area is 162 Å². The molecule has 1 saturated heterocycles. The smallest absolute Gasteiger partial charge is 0.256 e. The first kappa shape index (κ1) is 17.7. The van der Waals surface area contributed by atoms with Gasteiger partial charge in [0.2, 0.25) is 5.89 Å². The van der Waals surface area contributed by atoms with E-state index in [1.807, 2.05) is 29.2 Å². The molecule has 0 unspecified atom stereocenters. The van der Waals surface area contributed by atoms with Crippen LogP contribution in [0.4, 0.5) is 0 Å². The summed E-state index contributed by atoms with van der Waals surface area (Å²) >= 11 is 6.24. The van der Waals surface area contributed by atoms with Gasteiger partial charge in [-0.25, -0.2) is 4.98 Å². The van der Waals surface area contributed by atoms with Crippen LogP contribution in [0, 0.1) is 0 Å². The van der Waals surface area contributed by atoms with Crippen LogP contribution in [-0.4, -0.2) is 32.5 Å². The molecule has 4 rings (SSSR count).